The number of benzene rings is 3. The lowest BCUT2D eigenvalue weighted by Crippen LogP contribution is -2.03. The van der Waals surface area contributed by atoms with Crippen LogP contribution in [0.3, 0.4) is 0 Å². The van der Waals surface area contributed by atoms with Crippen LogP contribution >= 0.6 is 34.2 Å². The molecule has 0 aliphatic carbocycles. The maximum Gasteiger partial charge on any atom is 0.335 e. The zero-order chi connectivity index (χ0) is 23.1. The van der Waals surface area contributed by atoms with Gasteiger partial charge in [0.25, 0.3) is 0 Å². The Balaban J connectivity index is 1.90. The van der Waals surface area contributed by atoms with Crippen molar-refractivity contribution in [3.63, 3.8) is 0 Å². The lowest BCUT2D eigenvalue weighted by molar-refractivity contribution is 0.0697. The molecule has 0 fully saturated rings. The molecule has 32 heavy (non-hydrogen) atoms. The number of ether oxygens (including phenoxy) is 2. The van der Waals surface area contributed by atoms with Gasteiger partial charge < -0.3 is 14.6 Å². The van der Waals surface area contributed by atoms with Gasteiger partial charge >= 0.3 is 5.97 Å². The normalized spacial score (nSPS) is 11.0. The van der Waals surface area contributed by atoms with Crippen molar-refractivity contribution in [1.29, 1.82) is 5.26 Å². The summed E-state index contributed by atoms with van der Waals surface area (Å²) in [6, 6.07) is 19.7. The summed E-state index contributed by atoms with van der Waals surface area (Å²) in [5, 5.41) is 19.2. The van der Waals surface area contributed by atoms with Crippen molar-refractivity contribution in [1.82, 2.24) is 0 Å². The number of carboxylic acids is 1. The summed E-state index contributed by atoms with van der Waals surface area (Å²) < 4.78 is 12.6. The number of aromatic carboxylic acids is 1. The Kier molecular flexibility index (Phi) is 8.14. The van der Waals surface area contributed by atoms with E-state index in [9.17, 15) is 10.1 Å². The molecule has 3 rings (SSSR count). The number of nitriles is 1. The summed E-state index contributed by atoms with van der Waals surface area (Å²) in [6.45, 7) is 2.59. The highest BCUT2D eigenvalue weighted by atomic mass is 127. The van der Waals surface area contributed by atoms with Gasteiger partial charge in [0, 0.05) is 10.6 Å². The van der Waals surface area contributed by atoms with Crippen LogP contribution in [0.25, 0.3) is 11.6 Å². The number of nitrogens with zero attached hydrogens (tertiary/aromatic N) is 1. The Morgan fingerprint density at radius 3 is 2.50 bits per heavy atom. The van der Waals surface area contributed by atoms with Gasteiger partial charge in [-0.05, 0) is 77.0 Å². The fraction of sp³-hybridized carbons (Fsp3) is 0.120. The molecule has 162 valence electrons. The van der Waals surface area contributed by atoms with Gasteiger partial charge in [0.1, 0.15) is 6.61 Å². The van der Waals surface area contributed by atoms with Gasteiger partial charge in [-0.25, -0.2) is 4.79 Å². The lowest BCUT2D eigenvalue weighted by atomic mass is 10.0. The van der Waals surface area contributed by atoms with E-state index in [1.165, 1.54) is 0 Å². The first-order valence-corrected chi connectivity index (χ1v) is 11.2. The van der Waals surface area contributed by atoms with Gasteiger partial charge in [-0.1, -0.05) is 41.9 Å². The summed E-state index contributed by atoms with van der Waals surface area (Å²) >= 11 is 8.42. The molecular formula is C25H19ClINO4. The summed E-state index contributed by atoms with van der Waals surface area (Å²) in [6.07, 6.45) is 1.76. The molecule has 0 aliphatic rings. The van der Waals surface area contributed by atoms with Crippen LogP contribution in [0, 0.1) is 14.9 Å². The molecule has 0 bridgehead atoms. The van der Waals surface area contributed by atoms with Crippen LogP contribution in [0.4, 0.5) is 0 Å². The minimum Gasteiger partial charge on any atom is -0.490 e. The topological polar surface area (TPSA) is 79.5 Å². The van der Waals surface area contributed by atoms with E-state index in [0.717, 1.165) is 14.7 Å². The molecule has 0 aliphatic heterocycles. The van der Waals surface area contributed by atoms with Crippen LogP contribution in [0.15, 0.2) is 60.7 Å². The Morgan fingerprint density at radius 2 is 1.88 bits per heavy atom. The molecule has 5 nitrogen and oxygen atoms in total. The number of hydrogen-bond acceptors (Lipinski definition) is 4. The molecule has 0 amide bonds. The number of carbonyl (C=O) groups is 1. The number of halogens is 2. The molecule has 0 radical (unpaired) electrons. The molecule has 0 heterocycles. The fourth-order valence-corrected chi connectivity index (χ4v) is 4.01. The van der Waals surface area contributed by atoms with Crippen LogP contribution in [0.1, 0.15) is 34.0 Å². The van der Waals surface area contributed by atoms with Crippen molar-refractivity contribution in [2.75, 3.05) is 6.61 Å². The van der Waals surface area contributed by atoms with E-state index in [2.05, 4.69) is 28.7 Å². The maximum absolute atomic E-state index is 11.0. The number of rotatable bonds is 8. The minimum absolute atomic E-state index is 0.223. The second kappa shape index (κ2) is 11.0. The monoisotopic (exact) mass is 559 g/mol. The zero-order valence-corrected chi connectivity index (χ0v) is 20.1. The van der Waals surface area contributed by atoms with Crippen molar-refractivity contribution < 1.29 is 19.4 Å². The zero-order valence-electron chi connectivity index (χ0n) is 17.1. The molecule has 3 aromatic carbocycles. The van der Waals surface area contributed by atoms with Gasteiger partial charge in [-0.3, -0.25) is 0 Å². The second-order valence-corrected chi connectivity index (χ2v) is 8.27. The van der Waals surface area contributed by atoms with E-state index in [-0.39, 0.29) is 12.2 Å². The molecule has 3 aromatic rings. The first kappa shape index (κ1) is 23.6. The molecule has 1 N–H and O–H groups in total. The fourth-order valence-electron chi connectivity index (χ4n) is 2.99. The summed E-state index contributed by atoms with van der Waals surface area (Å²) in [4.78, 5) is 11.0. The smallest absolute Gasteiger partial charge is 0.335 e. The largest absolute Gasteiger partial charge is 0.490 e. The Bertz CT molecular complexity index is 1200. The Morgan fingerprint density at radius 1 is 1.16 bits per heavy atom. The third-order valence-corrected chi connectivity index (χ3v) is 5.64. The second-order valence-electron chi connectivity index (χ2n) is 6.70. The molecule has 0 unspecified atom stereocenters. The Labute approximate surface area is 205 Å². The predicted octanol–water partition coefficient (Wildman–Crippen LogP) is 6.68. The average Bonchev–Trinajstić information content (AvgIpc) is 2.78. The molecule has 7 heteroatoms. The third kappa shape index (κ3) is 5.81. The van der Waals surface area contributed by atoms with Crippen molar-refractivity contribution in [2.45, 2.75) is 13.5 Å². The highest BCUT2D eigenvalue weighted by Gasteiger charge is 2.14. The predicted molar refractivity (Wildman–Crippen MR) is 133 cm³/mol. The number of allylic oxidation sites excluding steroid dienone is 1. The first-order valence-electron chi connectivity index (χ1n) is 9.71. The van der Waals surface area contributed by atoms with Gasteiger partial charge in [0.2, 0.25) is 0 Å². The quantitative estimate of drug-likeness (QED) is 0.189. The first-order chi connectivity index (χ1) is 15.4. The van der Waals surface area contributed by atoms with Crippen molar-refractivity contribution in [2.24, 2.45) is 0 Å². The van der Waals surface area contributed by atoms with E-state index in [1.807, 2.05) is 31.2 Å². The summed E-state index contributed by atoms with van der Waals surface area (Å²) in [7, 11) is 0. The average molecular weight is 560 g/mol. The standard InChI is InChI=1S/C25H19ClINO4/c1-2-31-23-13-17(11-19(14-28)20-5-3-4-6-21(20)26)12-22(27)24(23)32-15-16-7-9-18(10-8-16)25(29)30/h3-13H,2,15H2,1H3,(H,29,30). The van der Waals surface area contributed by atoms with Crippen LogP contribution in [-0.2, 0) is 6.61 Å². The molecule has 0 atom stereocenters. The van der Waals surface area contributed by atoms with Crippen molar-refractivity contribution >= 4 is 51.8 Å². The molecule has 0 saturated heterocycles. The third-order valence-electron chi connectivity index (χ3n) is 4.51. The summed E-state index contributed by atoms with van der Waals surface area (Å²) in [5.41, 5.74) is 2.95. The van der Waals surface area contributed by atoms with E-state index < -0.39 is 5.97 Å². The van der Waals surface area contributed by atoms with Crippen LogP contribution < -0.4 is 9.47 Å². The highest BCUT2D eigenvalue weighted by Crippen LogP contribution is 2.36. The molecule has 0 saturated carbocycles. The van der Waals surface area contributed by atoms with Crippen LogP contribution in [0.5, 0.6) is 11.5 Å². The number of carboxylic acid groups (broad SMARTS) is 1. The number of hydrogen-bond donors (Lipinski definition) is 1. The van der Waals surface area contributed by atoms with Gasteiger partial charge in [-0.2, -0.15) is 5.26 Å². The van der Waals surface area contributed by atoms with E-state index in [1.54, 1.807) is 42.5 Å². The SMILES string of the molecule is CCOc1cc(C=C(C#N)c2ccccc2Cl)cc(I)c1OCc1ccc(C(=O)O)cc1. The highest BCUT2D eigenvalue weighted by molar-refractivity contribution is 14.1. The van der Waals surface area contributed by atoms with E-state index in [0.29, 0.717) is 34.3 Å². The van der Waals surface area contributed by atoms with Crippen molar-refractivity contribution in [3.05, 3.63) is 91.5 Å². The molecular weight excluding hydrogens is 541 g/mol. The minimum atomic E-state index is -0.970. The van der Waals surface area contributed by atoms with Crippen molar-refractivity contribution in [3.8, 4) is 17.6 Å². The molecule has 0 spiro atoms. The summed E-state index contributed by atoms with van der Waals surface area (Å²) in [5.74, 6) is 0.176. The van der Waals surface area contributed by atoms with Gasteiger partial charge in [-0.15, -0.1) is 0 Å². The van der Waals surface area contributed by atoms with E-state index in [4.69, 9.17) is 26.2 Å². The van der Waals surface area contributed by atoms with Crippen LogP contribution in [0.2, 0.25) is 5.02 Å². The lowest BCUT2D eigenvalue weighted by Gasteiger charge is -2.15. The molecule has 0 aromatic heterocycles. The Hall–Kier alpha value is -3.02. The van der Waals surface area contributed by atoms with E-state index >= 15 is 0 Å². The van der Waals surface area contributed by atoms with Gasteiger partial charge in [0.15, 0.2) is 11.5 Å². The van der Waals surface area contributed by atoms with Crippen LogP contribution in [-0.4, -0.2) is 17.7 Å². The maximum atomic E-state index is 11.0. The van der Waals surface area contributed by atoms with Gasteiger partial charge in [0.05, 0.1) is 27.4 Å².